The van der Waals surface area contributed by atoms with Crippen LogP contribution in [0, 0.1) is 6.92 Å². The van der Waals surface area contributed by atoms with E-state index in [-0.39, 0.29) is 0 Å². The van der Waals surface area contributed by atoms with Crippen molar-refractivity contribution in [3.63, 3.8) is 0 Å². The molecule has 0 aromatic carbocycles. The summed E-state index contributed by atoms with van der Waals surface area (Å²) in [6.45, 7) is 1.80. The monoisotopic (exact) mass is 237 g/mol. The van der Waals surface area contributed by atoms with Crippen LogP contribution in [0.1, 0.15) is 22.4 Å². The van der Waals surface area contributed by atoms with Gasteiger partial charge in [-0.15, -0.1) is 5.10 Å². The third-order valence-electron chi connectivity index (χ3n) is 2.21. The molecule has 0 bridgehead atoms. The number of rotatable bonds is 3. The number of aliphatic hydroxyl groups excluding tert-OH is 1. The standard InChI is InChI=1S/C10H11N3O2S/c1-6-10(16-13-12-6)9(14)8-7(15-2)4-3-5-11-8/h3-5,9,14H,1-2H3. The van der Waals surface area contributed by atoms with Crippen molar-refractivity contribution in [1.29, 1.82) is 0 Å². The van der Waals surface area contributed by atoms with Crippen LogP contribution in [0.25, 0.3) is 0 Å². The highest BCUT2D eigenvalue weighted by Gasteiger charge is 2.21. The van der Waals surface area contributed by atoms with Crippen molar-refractivity contribution < 1.29 is 9.84 Å². The average molecular weight is 237 g/mol. The number of hydrogen-bond donors (Lipinski definition) is 1. The smallest absolute Gasteiger partial charge is 0.143 e. The van der Waals surface area contributed by atoms with Crippen molar-refractivity contribution in [2.24, 2.45) is 0 Å². The lowest BCUT2D eigenvalue weighted by atomic mass is 10.1. The molecule has 0 aliphatic carbocycles. The van der Waals surface area contributed by atoms with E-state index >= 15 is 0 Å². The molecule has 2 aromatic heterocycles. The Hall–Kier alpha value is -1.53. The Balaban J connectivity index is 2.41. The first-order chi connectivity index (χ1) is 7.74. The van der Waals surface area contributed by atoms with Crippen LogP contribution in [-0.2, 0) is 0 Å². The number of hydrogen-bond acceptors (Lipinski definition) is 6. The number of aliphatic hydroxyl groups is 1. The van der Waals surface area contributed by atoms with Crippen LogP contribution in [0.3, 0.4) is 0 Å². The highest BCUT2D eigenvalue weighted by atomic mass is 32.1. The first-order valence-electron chi connectivity index (χ1n) is 4.70. The van der Waals surface area contributed by atoms with E-state index in [1.807, 2.05) is 0 Å². The van der Waals surface area contributed by atoms with Crippen molar-refractivity contribution in [2.45, 2.75) is 13.0 Å². The Morgan fingerprint density at radius 1 is 1.50 bits per heavy atom. The van der Waals surface area contributed by atoms with E-state index in [1.54, 1.807) is 32.4 Å². The van der Waals surface area contributed by atoms with E-state index < -0.39 is 6.10 Å². The normalized spacial score (nSPS) is 12.4. The third kappa shape index (κ3) is 1.89. The summed E-state index contributed by atoms with van der Waals surface area (Å²) in [5.74, 6) is 0.558. The zero-order valence-corrected chi connectivity index (χ0v) is 9.73. The predicted molar refractivity (Wildman–Crippen MR) is 59.5 cm³/mol. The molecule has 0 aliphatic rings. The summed E-state index contributed by atoms with van der Waals surface area (Å²) < 4.78 is 8.93. The van der Waals surface area contributed by atoms with Gasteiger partial charge >= 0.3 is 0 Å². The van der Waals surface area contributed by atoms with Gasteiger partial charge in [-0.2, -0.15) is 0 Å². The molecule has 2 rings (SSSR count). The Morgan fingerprint density at radius 3 is 2.94 bits per heavy atom. The molecule has 0 fully saturated rings. The van der Waals surface area contributed by atoms with Gasteiger partial charge in [0.2, 0.25) is 0 Å². The molecule has 6 heteroatoms. The van der Waals surface area contributed by atoms with Gasteiger partial charge in [-0.25, -0.2) is 0 Å². The molecular weight excluding hydrogens is 226 g/mol. The summed E-state index contributed by atoms with van der Waals surface area (Å²) in [6.07, 6.45) is 0.779. The minimum absolute atomic E-state index is 0.485. The molecule has 0 saturated heterocycles. The highest BCUT2D eigenvalue weighted by Crippen LogP contribution is 2.30. The third-order valence-corrected chi connectivity index (χ3v) is 3.09. The van der Waals surface area contributed by atoms with Gasteiger partial charge in [0.1, 0.15) is 17.5 Å². The summed E-state index contributed by atoms with van der Waals surface area (Å²) in [6, 6.07) is 3.52. The van der Waals surface area contributed by atoms with Gasteiger partial charge in [-0.1, -0.05) is 4.49 Å². The van der Waals surface area contributed by atoms with Gasteiger partial charge in [-0.05, 0) is 30.6 Å². The lowest BCUT2D eigenvalue weighted by Crippen LogP contribution is -2.04. The molecule has 0 aliphatic heterocycles. The molecule has 0 spiro atoms. The number of aryl methyl sites for hydroxylation is 1. The minimum atomic E-state index is -0.837. The number of pyridine rings is 1. The Morgan fingerprint density at radius 2 is 2.31 bits per heavy atom. The Kier molecular flexibility index (Phi) is 3.12. The fourth-order valence-corrected chi connectivity index (χ4v) is 2.03. The Labute approximate surface area is 96.9 Å². The number of aromatic nitrogens is 3. The zero-order chi connectivity index (χ0) is 11.5. The largest absolute Gasteiger partial charge is 0.495 e. The van der Waals surface area contributed by atoms with Crippen LogP contribution in [0.2, 0.25) is 0 Å². The van der Waals surface area contributed by atoms with Gasteiger partial charge in [0.05, 0.1) is 17.7 Å². The maximum Gasteiger partial charge on any atom is 0.143 e. The van der Waals surface area contributed by atoms with Gasteiger partial charge in [-0.3, -0.25) is 4.98 Å². The first-order valence-corrected chi connectivity index (χ1v) is 5.47. The van der Waals surface area contributed by atoms with Gasteiger partial charge in [0.25, 0.3) is 0 Å². The fourth-order valence-electron chi connectivity index (χ4n) is 1.39. The quantitative estimate of drug-likeness (QED) is 0.872. The molecule has 0 radical (unpaired) electrons. The Bertz CT molecular complexity index is 486. The van der Waals surface area contributed by atoms with Crippen LogP contribution in [-0.4, -0.2) is 26.8 Å². The minimum Gasteiger partial charge on any atom is -0.495 e. The number of nitrogens with zero attached hydrogens (tertiary/aromatic N) is 3. The summed E-state index contributed by atoms with van der Waals surface area (Å²) in [4.78, 5) is 4.81. The molecule has 2 aromatic rings. The molecule has 16 heavy (non-hydrogen) atoms. The molecule has 5 nitrogen and oxygen atoms in total. The molecule has 0 amide bonds. The highest BCUT2D eigenvalue weighted by molar-refractivity contribution is 7.05. The first kappa shape index (κ1) is 11.0. The molecule has 2 heterocycles. The summed E-state index contributed by atoms with van der Waals surface area (Å²) >= 11 is 1.17. The maximum absolute atomic E-state index is 10.2. The maximum atomic E-state index is 10.2. The molecule has 1 atom stereocenters. The summed E-state index contributed by atoms with van der Waals surface area (Å²) in [5.41, 5.74) is 1.20. The second kappa shape index (κ2) is 4.54. The van der Waals surface area contributed by atoms with Crippen LogP contribution in [0.15, 0.2) is 18.3 Å². The fraction of sp³-hybridized carbons (Fsp3) is 0.300. The molecule has 1 unspecified atom stereocenters. The molecule has 1 N–H and O–H groups in total. The van der Waals surface area contributed by atoms with Crippen molar-refractivity contribution in [1.82, 2.24) is 14.6 Å². The van der Waals surface area contributed by atoms with Gasteiger partial charge < -0.3 is 9.84 Å². The summed E-state index contributed by atoms with van der Waals surface area (Å²) in [7, 11) is 1.55. The van der Waals surface area contributed by atoms with Crippen LogP contribution in [0.4, 0.5) is 0 Å². The van der Waals surface area contributed by atoms with Crippen LogP contribution < -0.4 is 4.74 Å². The van der Waals surface area contributed by atoms with Crippen molar-refractivity contribution in [3.8, 4) is 5.75 Å². The lowest BCUT2D eigenvalue weighted by Gasteiger charge is -2.11. The molecule has 0 saturated carbocycles. The number of methoxy groups -OCH3 is 1. The lowest BCUT2D eigenvalue weighted by molar-refractivity contribution is 0.212. The van der Waals surface area contributed by atoms with Gasteiger partial charge in [0.15, 0.2) is 0 Å². The average Bonchev–Trinajstić information content (AvgIpc) is 2.74. The van der Waals surface area contributed by atoms with E-state index in [2.05, 4.69) is 14.6 Å². The van der Waals surface area contributed by atoms with Crippen molar-refractivity contribution >= 4 is 11.5 Å². The van der Waals surface area contributed by atoms with E-state index in [4.69, 9.17) is 4.74 Å². The van der Waals surface area contributed by atoms with Crippen molar-refractivity contribution in [2.75, 3.05) is 7.11 Å². The van der Waals surface area contributed by atoms with Gasteiger partial charge in [0, 0.05) is 6.20 Å². The summed E-state index contributed by atoms with van der Waals surface area (Å²) in [5, 5.41) is 14.0. The van der Waals surface area contributed by atoms with Crippen molar-refractivity contribution in [3.05, 3.63) is 34.6 Å². The topological polar surface area (TPSA) is 68.1 Å². The van der Waals surface area contributed by atoms with E-state index in [0.29, 0.717) is 22.0 Å². The van der Waals surface area contributed by atoms with Crippen LogP contribution in [0.5, 0.6) is 5.75 Å². The second-order valence-electron chi connectivity index (χ2n) is 3.22. The van der Waals surface area contributed by atoms with E-state index in [9.17, 15) is 5.11 Å². The van der Waals surface area contributed by atoms with E-state index in [1.165, 1.54) is 11.5 Å². The number of ether oxygens (including phenoxy) is 1. The van der Waals surface area contributed by atoms with Crippen LogP contribution >= 0.6 is 11.5 Å². The zero-order valence-electron chi connectivity index (χ0n) is 8.91. The second-order valence-corrected chi connectivity index (χ2v) is 4.00. The predicted octanol–water partition coefficient (Wildman–Crippen LogP) is 1.33. The van der Waals surface area contributed by atoms with E-state index in [0.717, 1.165) is 0 Å². The molecular formula is C10H11N3O2S. The SMILES string of the molecule is COc1cccnc1C(O)c1snnc1C. The molecule has 84 valence electrons.